The molecule has 0 unspecified atom stereocenters. The largest absolute Gasteiger partial charge is 0.437 e. The van der Waals surface area contributed by atoms with Crippen molar-refractivity contribution in [1.29, 1.82) is 0 Å². The summed E-state index contributed by atoms with van der Waals surface area (Å²) in [6, 6.07) is 11.3. The summed E-state index contributed by atoms with van der Waals surface area (Å²) in [6.45, 7) is 3.09. The van der Waals surface area contributed by atoms with Gasteiger partial charge in [-0.1, -0.05) is 24.3 Å². The van der Waals surface area contributed by atoms with Crippen molar-refractivity contribution in [2.45, 2.75) is 32.0 Å². The maximum Gasteiger partial charge on any atom is 0.404 e. The smallest absolute Gasteiger partial charge is 0.404 e. The lowest BCUT2D eigenvalue weighted by Crippen LogP contribution is -2.38. The number of nitrogens with one attached hydrogen (secondary N) is 3. The lowest BCUT2D eigenvalue weighted by molar-refractivity contribution is -0.106. The van der Waals surface area contributed by atoms with Gasteiger partial charge in [0.15, 0.2) is 11.6 Å². The molecule has 0 amide bonds. The number of halogens is 4. The van der Waals surface area contributed by atoms with Gasteiger partial charge in [-0.2, -0.15) is 13.2 Å². The second kappa shape index (κ2) is 11.4. The van der Waals surface area contributed by atoms with Crippen LogP contribution in [0.4, 0.5) is 29.2 Å². The molecular formula is C27H26F4N6O3S. The highest BCUT2D eigenvalue weighted by atomic mass is 32.2. The third kappa shape index (κ3) is 6.65. The molecule has 0 aliphatic carbocycles. The van der Waals surface area contributed by atoms with Crippen molar-refractivity contribution in [2.75, 3.05) is 28.9 Å². The van der Waals surface area contributed by atoms with Gasteiger partial charge in [0.05, 0.1) is 16.9 Å². The van der Waals surface area contributed by atoms with E-state index in [9.17, 15) is 21.6 Å². The highest BCUT2D eigenvalue weighted by Crippen LogP contribution is 2.42. The zero-order valence-corrected chi connectivity index (χ0v) is 22.6. The van der Waals surface area contributed by atoms with Gasteiger partial charge in [-0.25, -0.2) is 27.8 Å². The normalized spacial score (nSPS) is 16.0. The van der Waals surface area contributed by atoms with E-state index in [1.807, 2.05) is 0 Å². The van der Waals surface area contributed by atoms with Crippen LogP contribution in [0.15, 0.2) is 54.9 Å². The number of rotatable bonds is 8. The number of sulfonamides is 1. The zero-order chi connectivity index (χ0) is 29.2. The summed E-state index contributed by atoms with van der Waals surface area (Å²) in [6.07, 6.45) is 0.0853. The maximum absolute atomic E-state index is 15.6. The molecule has 216 valence electrons. The number of ether oxygens (including phenoxy) is 1. The minimum Gasteiger partial charge on any atom is -0.437 e. The summed E-state index contributed by atoms with van der Waals surface area (Å²) < 4.78 is 86.4. The Morgan fingerprint density at radius 2 is 1.85 bits per heavy atom. The van der Waals surface area contributed by atoms with Crippen molar-refractivity contribution >= 4 is 32.4 Å². The Hall–Kier alpha value is -4.04. The molecule has 1 aliphatic rings. The first-order valence-corrected chi connectivity index (χ1v) is 14.4. The second-order valence-electron chi connectivity index (χ2n) is 9.58. The van der Waals surface area contributed by atoms with E-state index in [2.05, 4.69) is 25.6 Å². The van der Waals surface area contributed by atoms with Crippen molar-refractivity contribution in [3.05, 3.63) is 66.2 Å². The number of anilines is 2. The predicted molar refractivity (Wildman–Crippen MR) is 147 cm³/mol. The molecular weight excluding hydrogens is 564 g/mol. The summed E-state index contributed by atoms with van der Waals surface area (Å²) in [4.78, 5) is 13.2. The van der Waals surface area contributed by atoms with E-state index in [4.69, 9.17) is 4.74 Å². The summed E-state index contributed by atoms with van der Waals surface area (Å²) in [5, 5.41) is 6.92. The second-order valence-corrected chi connectivity index (χ2v) is 11.3. The van der Waals surface area contributed by atoms with Crippen LogP contribution in [0.3, 0.4) is 0 Å². The molecule has 2 aromatic carbocycles. The van der Waals surface area contributed by atoms with Crippen molar-refractivity contribution in [2.24, 2.45) is 0 Å². The maximum atomic E-state index is 15.6. The number of aromatic nitrogens is 3. The molecule has 2 aromatic heterocycles. The summed E-state index contributed by atoms with van der Waals surface area (Å²) in [7, 11) is -4.94. The Balaban J connectivity index is 1.52. The molecule has 0 bridgehead atoms. The Labute approximate surface area is 233 Å². The van der Waals surface area contributed by atoms with Gasteiger partial charge in [-0.3, -0.25) is 4.72 Å². The number of alkyl halides is 3. The van der Waals surface area contributed by atoms with Gasteiger partial charge in [-0.15, -0.1) is 0 Å². The molecule has 3 heterocycles. The molecule has 5 rings (SSSR count). The third-order valence-corrected chi connectivity index (χ3v) is 7.70. The van der Waals surface area contributed by atoms with Crippen LogP contribution >= 0.6 is 0 Å². The minimum atomic E-state index is -5.00. The molecule has 3 N–H and O–H groups in total. The fourth-order valence-corrected chi connectivity index (χ4v) is 5.66. The quantitative estimate of drug-likeness (QED) is 0.234. The van der Waals surface area contributed by atoms with Crippen LogP contribution in [0, 0.1) is 12.7 Å². The first-order chi connectivity index (χ1) is 19.5. The number of piperidine rings is 1. The Kier molecular flexibility index (Phi) is 7.95. The van der Waals surface area contributed by atoms with Crippen molar-refractivity contribution < 1.29 is 30.7 Å². The van der Waals surface area contributed by atoms with Crippen LogP contribution in [0.1, 0.15) is 18.4 Å². The molecule has 9 nitrogen and oxygen atoms in total. The van der Waals surface area contributed by atoms with Gasteiger partial charge in [-0.05, 0) is 44.5 Å². The molecule has 1 aliphatic heterocycles. The number of hydrogen-bond acceptors (Lipinski definition) is 8. The van der Waals surface area contributed by atoms with Gasteiger partial charge in [0, 0.05) is 41.3 Å². The van der Waals surface area contributed by atoms with Gasteiger partial charge < -0.3 is 15.4 Å². The number of nitrogens with zero attached hydrogens (tertiary/aromatic N) is 3. The van der Waals surface area contributed by atoms with Crippen LogP contribution in [-0.2, 0) is 10.0 Å². The molecule has 0 spiro atoms. The topological polar surface area (TPSA) is 118 Å². The van der Waals surface area contributed by atoms with E-state index >= 15 is 4.39 Å². The Morgan fingerprint density at radius 1 is 1.07 bits per heavy atom. The zero-order valence-electron chi connectivity index (χ0n) is 21.8. The monoisotopic (exact) mass is 590 g/mol. The average Bonchev–Trinajstić information content (AvgIpc) is 2.93. The van der Waals surface area contributed by atoms with Crippen LogP contribution < -0.4 is 20.1 Å². The van der Waals surface area contributed by atoms with E-state index in [1.54, 1.807) is 41.3 Å². The van der Waals surface area contributed by atoms with Crippen molar-refractivity contribution in [1.82, 2.24) is 20.3 Å². The number of fused-ring (bicyclic) bond motifs is 1. The first kappa shape index (κ1) is 28.5. The first-order valence-electron chi connectivity index (χ1n) is 12.7. The van der Waals surface area contributed by atoms with E-state index in [-0.39, 0.29) is 34.0 Å². The fraction of sp³-hybridized carbons (Fsp3) is 0.296. The molecule has 1 atom stereocenters. The van der Waals surface area contributed by atoms with Crippen LogP contribution in [0.2, 0.25) is 0 Å². The van der Waals surface area contributed by atoms with Gasteiger partial charge in [0.25, 0.3) is 0 Å². The highest BCUT2D eigenvalue weighted by Gasteiger charge is 2.36. The molecule has 4 aromatic rings. The third-order valence-electron chi connectivity index (χ3n) is 6.47. The standard InChI is InChI=1S/C27H26F4N6O3S/c1-16-22(28)23(37-41(38,39)15-27(29,30)31)18-7-2-3-8-19(18)24(16)40-25-20(9-5-12-33-25)21-10-13-34-26(36-21)35-17-6-4-11-32-14-17/h2-3,5,7-10,12-13,17,32,37H,4,6,11,14-15H2,1H3,(H,34,35,36)/t17-/m0/s1. The lowest BCUT2D eigenvalue weighted by atomic mass is 10.0. The molecule has 0 radical (unpaired) electrons. The van der Waals surface area contributed by atoms with E-state index in [0.717, 1.165) is 25.9 Å². The van der Waals surface area contributed by atoms with Crippen molar-refractivity contribution in [3.8, 4) is 22.9 Å². The molecule has 14 heteroatoms. The van der Waals surface area contributed by atoms with Crippen LogP contribution in [0.5, 0.6) is 11.6 Å². The van der Waals surface area contributed by atoms with Crippen LogP contribution in [-0.4, -0.2) is 54.4 Å². The molecule has 1 saturated heterocycles. The minimum absolute atomic E-state index is 0.0171. The Bertz CT molecular complexity index is 1680. The van der Waals surface area contributed by atoms with Gasteiger partial charge >= 0.3 is 6.18 Å². The average molecular weight is 591 g/mol. The highest BCUT2D eigenvalue weighted by molar-refractivity contribution is 7.92. The van der Waals surface area contributed by atoms with E-state index in [1.165, 1.54) is 25.3 Å². The summed E-state index contributed by atoms with van der Waals surface area (Å²) in [5.41, 5.74) is 0.256. The van der Waals surface area contributed by atoms with Gasteiger partial charge in [0.1, 0.15) is 5.75 Å². The lowest BCUT2D eigenvalue weighted by Gasteiger charge is -2.23. The fourth-order valence-electron chi connectivity index (χ4n) is 4.64. The van der Waals surface area contributed by atoms with E-state index < -0.39 is 33.5 Å². The SMILES string of the molecule is Cc1c(F)c(NS(=O)(=O)CC(F)(F)F)c2ccccc2c1Oc1ncccc1-c1ccnc(N[C@H]2CCCNC2)n1. The van der Waals surface area contributed by atoms with Crippen LogP contribution in [0.25, 0.3) is 22.0 Å². The van der Waals surface area contributed by atoms with Gasteiger partial charge in [0.2, 0.25) is 21.9 Å². The molecule has 0 saturated carbocycles. The Morgan fingerprint density at radius 3 is 2.59 bits per heavy atom. The molecule has 41 heavy (non-hydrogen) atoms. The predicted octanol–water partition coefficient (Wildman–Crippen LogP) is 5.40. The summed E-state index contributed by atoms with van der Waals surface area (Å²) >= 11 is 0. The molecule has 1 fully saturated rings. The summed E-state index contributed by atoms with van der Waals surface area (Å²) in [5.74, 6) is -2.69. The van der Waals surface area contributed by atoms with Crippen molar-refractivity contribution in [3.63, 3.8) is 0 Å². The van der Waals surface area contributed by atoms with E-state index in [0.29, 0.717) is 17.2 Å². The number of pyridine rings is 1. The number of benzene rings is 2. The number of hydrogen-bond donors (Lipinski definition) is 3.